The Morgan fingerprint density at radius 1 is 1.27 bits per heavy atom. The third-order valence-electron chi connectivity index (χ3n) is 2.32. The number of furan rings is 1. The molecule has 5 heteroatoms. The predicted octanol–water partition coefficient (Wildman–Crippen LogP) is 1.58. The molecular formula is C10H9NO4. The highest BCUT2D eigenvalue weighted by atomic mass is 16.7. The number of hydrogen-bond donors (Lipinski definition) is 1. The average Bonchev–Trinajstić information content (AvgIpc) is 2.88. The summed E-state index contributed by atoms with van der Waals surface area (Å²) in [7, 11) is 0. The molecule has 0 aromatic carbocycles. The zero-order valence-electron chi connectivity index (χ0n) is 7.84. The lowest BCUT2D eigenvalue weighted by Gasteiger charge is -2.07. The lowest BCUT2D eigenvalue weighted by Crippen LogP contribution is -2.00. The van der Waals surface area contributed by atoms with Crippen LogP contribution in [0.3, 0.4) is 0 Å². The van der Waals surface area contributed by atoms with Crippen LogP contribution in [0.15, 0.2) is 22.8 Å². The molecule has 0 amide bonds. The van der Waals surface area contributed by atoms with Crippen molar-refractivity contribution in [3.63, 3.8) is 0 Å². The van der Waals surface area contributed by atoms with Gasteiger partial charge >= 0.3 is 0 Å². The fraction of sp³-hybridized carbons (Fsp3) is 0.300. The first kappa shape index (κ1) is 8.70. The van der Waals surface area contributed by atoms with Crippen molar-refractivity contribution in [1.29, 1.82) is 0 Å². The minimum atomic E-state index is -0.397. The highest BCUT2D eigenvalue weighted by molar-refractivity contribution is 5.82. The normalized spacial score (nSPS) is 17.6. The molecule has 0 spiro atoms. The third kappa shape index (κ3) is 1.36. The number of fused-ring (bicyclic) bond motifs is 1. The summed E-state index contributed by atoms with van der Waals surface area (Å²) in [6, 6.07) is 3.50. The summed E-state index contributed by atoms with van der Waals surface area (Å²) < 4.78 is 15.5. The minimum absolute atomic E-state index is 0.114. The molecule has 0 bridgehead atoms. The maximum Gasteiger partial charge on any atom is 0.291 e. The summed E-state index contributed by atoms with van der Waals surface area (Å²) >= 11 is 0. The second-order valence-electron chi connectivity index (χ2n) is 3.28. The molecule has 1 aliphatic heterocycles. The van der Waals surface area contributed by atoms with Gasteiger partial charge in [-0.15, -0.1) is 0 Å². The summed E-state index contributed by atoms with van der Waals surface area (Å²) in [5, 5.41) is 9.89. The van der Waals surface area contributed by atoms with Crippen molar-refractivity contribution >= 4 is 10.9 Å². The van der Waals surface area contributed by atoms with E-state index in [1.807, 2.05) is 0 Å². The summed E-state index contributed by atoms with van der Waals surface area (Å²) in [4.78, 5) is 4.27. The van der Waals surface area contributed by atoms with E-state index in [4.69, 9.17) is 13.9 Å². The molecule has 0 saturated carbocycles. The van der Waals surface area contributed by atoms with Crippen LogP contribution in [0, 0.1) is 0 Å². The standard InChI is InChI=1S/C10H9NO4/c12-9-6-1-2-7(10-13-3-4-14-10)11-8(6)5-15-9/h1-2,5,10,12H,3-4H2. The van der Waals surface area contributed by atoms with E-state index in [9.17, 15) is 5.11 Å². The van der Waals surface area contributed by atoms with Crippen molar-refractivity contribution in [1.82, 2.24) is 4.98 Å². The number of aromatic hydroxyl groups is 1. The van der Waals surface area contributed by atoms with Gasteiger partial charge in [0.1, 0.15) is 11.8 Å². The Labute approximate surface area is 85.2 Å². The van der Waals surface area contributed by atoms with Crippen LogP contribution in [0.4, 0.5) is 0 Å². The van der Waals surface area contributed by atoms with E-state index in [-0.39, 0.29) is 5.95 Å². The second-order valence-corrected chi connectivity index (χ2v) is 3.28. The molecule has 15 heavy (non-hydrogen) atoms. The summed E-state index contributed by atoms with van der Waals surface area (Å²) in [5.74, 6) is -0.114. The van der Waals surface area contributed by atoms with E-state index in [1.165, 1.54) is 6.26 Å². The van der Waals surface area contributed by atoms with Crippen LogP contribution in [0.1, 0.15) is 12.0 Å². The number of nitrogens with zero attached hydrogens (tertiary/aromatic N) is 1. The Hall–Kier alpha value is -1.59. The fourth-order valence-corrected chi connectivity index (χ4v) is 1.60. The quantitative estimate of drug-likeness (QED) is 0.769. The Morgan fingerprint density at radius 2 is 2.07 bits per heavy atom. The molecule has 2 aromatic heterocycles. The van der Waals surface area contributed by atoms with Crippen LogP contribution in [0.2, 0.25) is 0 Å². The smallest absolute Gasteiger partial charge is 0.291 e. The van der Waals surface area contributed by atoms with Crippen LogP contribution < -0.4 is 0 Å². The third-order valence-corrected chi connectivity index (χ3v) is 2.32. The molecule has 0 unspecified atom stereocenters. The first-order chi connectivity index (χ1) is 7.34. The molecule has 0 aliphatic carbocycles. The molecule has 1 aliphatic rings. The van der Waals surface area contributed by atoms with Gasteiger partial charge < -0.3 is 19.0 Å². The van der Waals surface area contributed by atoms with Crippen molar-refractivity contribution in [3.05, 3.63) is 24.1 Å². The van der Waals surface area contributed by atoms with E-state index in [2.05, 4.69) is 4.98 Å². The van der Waals surface area contributed by atoms with Crippen molar-refractivity contribution in [2.24, 2.45) is 0 Å². The van der Waals surface area contributed by atoms with Gasteiger partial charge in [-0.1, -0.05) is 0 Å². The molecule has 1 fully saturated rings. The van der Waals surface area contributed by atoms with Gasteiger partial charge in [-0.3, -0.25) is 0 Å². The van der Waals surface area contributed by atoms with Crippen molar-refractivity contribution < 1.29 is 19.0 Å². The highest BCUT2D eigenvalue weighted by Gasteiger charge is 2.20. The van der Waals surface area contributed by atoms with Gasteiger partial charge in [0.25, 0.3) is 5.95 Å². The predicted molar refractivity (Wildman–Crippen MR) is 50.3 cm³/mol. The van der Waals surface area contributed by atoms with Crippen LogP contribution >= 0.6 is 0 Å². The monoisotopic (exact) mass is 207 g/mol. The van der Waals surface area contributed by atoms with Crippen LogP contribution in [0.5, 0.6) is 5.95 Å². The van der Waals surface area contributed by atoms with Gasteiger partial charge in [0.15, 0.2) is 0 Å². The van der Waals surface area contributed by atoms with Crippen molar-refractivity contribution in [2.75, 3.05) is 13.2 Å². The maximum atomic E-state index is 9.30. The van der Waals surface area contributed by atoms with Crippen LogP contribution in [0.25, 0.3) is 10.9 Å². The van der Waals surface area contributed by atoms with E-state index in [1.54, 1.807) is 12.1 Å². The Kier molecular flexibility index (Phi) is 1.87. The van der Waals surface area contributed by atoms with E-state index in [0.717, 1.165) is 0 Å². The Bertz CT molecular complexity index is 487. The molecule has 0 atom stereocenters. The first-order valence-corrected chi connectivity index (χ1v) is 4.65. The van der Waals surface area contributed by atoms with Gasteiger partial charge in [-0.2, -0.15) is 0 Å². The molecule has 0 radical (unpaired) electrons. The number of hydrogen-bond acceptors (Lipinski definition) is 5. The Balaban J connectivity index is 2.05. The van der Waals surface area contributed by atoms with E-state index in [0.29, 0.717) is 29.8 Å². The zero-order valence-corrected chi connectivity index (χ0v) is 7.84. The molecule has 2 aromatic rings. The lowest BCUT2D eigenvalue weighted by atomic mass is 10.2. The van der Waals surface area contributed by atoms with E-state index >= 15 is 0 Å². The molecule has 1 N–H and O–H groups in total. The number of aromatic nitrogens is 1. The topological polar surface area (TPSA) is 64.7 Å². The van der Waals surface area contributed by atoms with E-state index < -0.39 is 6.29 Å². The van der Waals surface area contributed by atoms with Gasteiger partial charge in [0, 0.05) is 0 Å². The molecule has 1 saturated heterocycles. The van der Waals surface area contributed by atoms with Gasteiger partial charge in [0.2, 0.25) is 6.29 Å². The van der Waals surface area contributed by atoms with Gasteiger partial charge in [-0.25, -0.2) is 4.98 Å². The van der Waals surface area contributed by atoms with Crippen LogP contribution in [-0.4, -0.2) is 23.3 Å². The number of ether oxygens (including phenoxy) is 2. The molecule has 5 nitrogen and oxygen atoms in total. The second kappa shape index (κ2) is 3.22. The highest BCUT2D eigenvalue weighted by Crippen LogP contribution is 2.28. The fourth-order valence-electron chi connectivity index (χ4n) is 1.60. The van der Waals surface area contributed by atoms with Gasteiger partial charge in [0.05, 0.1) is 24.3 Å². The largest absolute Gasteiger partial charge is 0.480 e. The molecular weight excluding hydrogens is 198 g/mol. The average molecular weight is 207 g/mol. The van der Waals surface area contributed by atoms with Crippen molar-refractivity contribution in [3.8, 4) is 5.95 Å². The number of rotatable bonds is 1. The first-order valence-electron chi connectivity index (χ1n) is 4.65. The molecule has 3 rings (SSSR count). The van der Waals surface area contributed by atoms with Gasteiger partial charge in [-0.05, 0) is 12.1 Å². The number of pyridine rings is 1. The molecule has 78 valence electrons. The van der Waals surface area contributed by atoms with Crippen LogP contribution in [-0.2, 0) is 9.47 Å². The summed E-state index contributed by atoms with van der Waals surface area (Å²) in [6.07, 6.45) is 1.01. The molecule has 3 heterocycles. The lowest BCUT2D eigenvalue weighted by molar-refractivity contribution is -0.0470. The van der Waals surface area contributed by atoms with Crippen molar-refractivity contribution in [2.45, 2.75) is 6.29 Å². The minimum Gasteiger partial charge on any atom is -0.480 e. The zero-order chi connectivity index (χ0) is 10.3. The maximum absolute atomic E-state index is 9.30. The Morgan fingerprint density at radius 3 is 2.87 bits per heavy atom. The summed E-state index contributed by atoms with van der Waals surface area (Å²) in [6.45, 7) is 1.17. The SMILES string of the molecule is Oc1occ2nc(C3OCCO3)ccc12. The summed E-state index contributed by atoms with van der Waals surface area (Å²) in [5.41, 5.74) is 1.30.